The SMILES string of the molecule is COC(=O)C[C@H]1CCC[C@@H]1[C@](CN1CCOCC1)(c1cccc(F)c1)C1CCN(CC2CN(c3ccc(C#N)c(CN(C)C)c3F)C2)CC1. The third kappa shape index (κ3) is 7.80. The maximum absolute atomic E-state index is 15.6. The first-order valence-electron chi connectivity index (χ1n) is 18.2. The molecule has 0 bridgehead atoms. The fourth-order valence-electron chi connectivity index (χ4n) is 9.56. The molecule has 3 aliphatic heterocycles. The van der Waals surface area contributed by atoms with Crippen LogP contribution in [0.5, 0.6) is 0 Å². The molecule has 0 radical (unpaired) electrons. The standard InChI is InChI=1S/C39H53F2N5O3/c1-43(2)26-34-30(22-42)10-11-36(38(34)41)46-24-28(25-46)23-44-14-12-31(13-15-44)39(27-45-16-18-49-19-17-45,32-7-5-8-33(40)21-32)35-9-4-6-29(35)20-37(47)48-3/h5,7-8,10-11,21,28-29,31,35H,4,6,9,12-20,23-27H2,1-3H3/t29-,35+,39+/m1/s1. The van der Waals surface area contributed by atoms with Crippen molar-refractivity contribution in [3.8, 4) is 6.07 Å². The minimum absolute atomic E-state index is 0.157. The van der Waals surface area contributed by atoms with Gasteiger partial charge >= 0.3 is 5.97 Å². The molecule has 3 saturated heterocycles. The van der Waals surface area contributed by atoms with Crippen LogP contribution in [0.3, 0.4) is 0 Å². The molecule has 49 heavy (non-hydrogen) atoms. The van der Waals surface area contributed by atoms with Gasteiger partial charge in [0.2, 0.25) is 0 Å². The van der Waals surface area contributed by atoms with E-state index in [1.807, 2.05) is 25.1 Å². The number of morpholine rings is 1. The molecule has 4 fully saturated rings. The Morgan fingerprint density at radius 2 is 1.80 bits per heavy atom. The van der Waals surface area contributed by atoms with Crippen LogP contribution in [0.15, 0.2) is 36.4 Å². The van der Waals surface area contributed by atoms with Gasteiger partial charge in [0.15, 0.2) is 5.82 Å². The number of benzene rings is 2. The van der Waals surface area contributed by atoms with Gasteiger partial charge in [-0.2, -0.15) is 5.26 Å². The predicted molar refractivity (Wildman–Crippen MR) is 186 cm³/mol. The lowest BCUT2D eigenvalue weighted by molar-refractivity contribution is -0.142. The van der Waals surface area contributed by atoms with Crippen LogP contribution in [-0.2, 0) is 26.2 Å². The number of rotatable bonds is 12. The van der Waals surface area contributed by atoms with Crippen LogP contribution < -0.4 is 4.90 Å². The van der Waals surface area contributed by atoms with Gasteiger partial charge in [-0.15, -0.1) is 0 Å². The molecule has 0 N–H and O–H groups in total. The van der Waals surface area contributed by atoms with Gasteiger partial charge in [-0.05, 0) is 100 Å². The van der Waals surface area contributed by atoms with E-state index in [1.54, 1.807) is 24.3 Å². The maximum atomic E-state index is 15.6. The smallest absolute Gasteiger partial charge is 0.305 e. The number of carbonyl (C=O) groups excluding carboxylic acids is 1. The van der Waals surface area contributed by atoms with Crippen molar-refractivity contribution in [3.63, 3.8) is 0 Å². The number of hydrogen-bond acceptors (Lipinski definition) is 8. The number of hydrogen-bond donors (Lipinski definition) is 0. The number of nitriles is 1. The minimum atomic E-state index is -0.286. The molecule has 0 unspecified atom stereocenters. The van der Waals surface area contributed by atoms with E-state index in [-0.39, 0.29) is 34.9 Å². The molecule has 4 aliphatic rings. The van der Waals surface area contributed by atoms with Gasteiger partial charge in [0, 0.05) is 69.1 Å². The third-order valence-corrected chi connectivity index (χ3v) is 11.9. The quantitative estimate of drug-likeness (QED) is 0.281. The molecule has 6 rings (SSSR count). The highest BCUT2D eigenvalue weighted by atomic mass is 19.1. The van der Waals surface area contributed by atoms with Crippen molar-refractivity contribution in [1.82, 2.24) is 14.7 Å². The van der Waals surface area contributed by atoms with E-state index in [0.29, 0.717) is 54.8 Å². The average Bonchev–Trinajstić information content (AvgIpc) is 3.55. The number of likely N-dealkylation sites (tertiary alicyclic amines) is 1. The Bertz CT molecular complexity index is 1480. The van der Waals surface area contributed by atoms with Crippen LogP contribution in [0.1, 0.15) is 55.2 Å². The molecular formula is C39H53F2N5O3. The van der Waals surface area contributed by atoms with E-state index in [9.17, 15) is 10.1 Å². The molecule has 1 aliphatic carbocycles. The zero-order chi connectivity index (χ0) is 34.5. The number of anilines is 1. The van der Waals surface area contributed by atoms with E-state index in [4.69, 9.17) is 9.47 Å². The number of esters is 1. The first kappa shape index (κ1) is 35.7. The molecule has 2 aromatic carbocycles. The Labute approximate surface area is 290 Å². The number of carbonyl (C=O) groups is 1. The minimum Gasteiger partial charge on any atom is -0.469 e. The number of piperidine rings is 1. The molecule has 3 atom stereocenters. The highest BCUT2D eigenvalue weighted by Crippen LogP contribution is 2.54. The topological polar surface area (TPSA) is 72.3 Å². The molecule has 10 heteroatoms. The summed E-state index contributed by atoms with van der Waals surface area (Å²) in [6.07, 6.45) is 5.53. The number of ether oxygens (including phenoxy) is 2. The largest absolute Gasteiger partial charge is 0.469 e. The molecular weight excluding hydrogens is 624 g/mol. The second kappa shape index (κ2) is 15.8. The number of halogens is 2. The number of nitrogens with zero attached hydrogens (tertiary/aromatic N) is 5. The normalized spacial score (nSPS) is 24.1. The summed E-state index contributed by atoms with van der Waals surface area (Å²) in [5.74, 6) is 0.617. The summed E-state index contributed by atoms with van der Waals surface area (Å²) in [6, 6.07) is 13.0. The zero-order valence-electron chi connectivity index (χ0n) is 29.5. The van der Waals surface area contributed by atoms with E-state index in [1.165, 1.54) is 7.11 Å². The molecule has 2 aromatic rings. The average molecular weight is 678 g/mol. The summed E-state index contributed by atoms with van der Waals surface area (Å²) >= 11 is 0. The summed E-state index contributed by atoms with van der Waals surface area (Å²) in [7, 11) is 5.24. The summed E-state index contributed by atoms with van der Waals surface area (Å²) in [5, 5.41) is 9.53. The van der Waals surface area contributed by atoms with Crippen molar-refractivity contribution in [1.29, 1.82) is 5.26 Å². The lowest BCUT2D eigenvalue weighted by Crippen LogP contribution is -2.57. The first-order chi connectivity index (χ1) is 23.7. The fraction of sp³-hybridized carbons (Fsp3) is 0.641. The predicted octanol–water partition coefficient (Wildman–Crippen LogP) is 5.30. The molecule has 0 amide bonds. The second-order valence-electron chi connectivity index (χ2n) is 15.1. The Morgan fingerprint density at radius 1 is 1.04 bits per heavy atom. The fourth-order valence-corrected chi connectivity index (χ4v) is 9.56. The lowest BCUT2D eigenvalue weighted by Gasteiger charge is -2.53. The Balaban J connectivity index is 1.18. The summed E-state index contributed by atoms with van der Waals surface area (Å²) in [6.45, 7) is 8.86. The van der Waals surface area contributed by atoms with Gasteiger partial charge in [0.1, 0.15) is 5.82 Å². The monoisotopic (exact) mass is 677 g/mol. The molecule has 1 saturated carbocycles. The Morgan fingerprint density at radius 3 is 2.47 bits per heavy atom. The van der Waals surface area contributed by atoms with E-state index in [0.717, 1.165) is 90.0 Å². The molecule has 3 heterocycles. The van der Waals surface area contributed by atoms with Crippen molar-refractivity contribution in [2.45, 2.75) is 50.5 Å². The summed E-state index contributed by atoms with van der Waals surface area (Å²) in [5.41, 5.74) is 2.24. The molecule has 0 aromatic heterocycles. The molecule has 0 spiro atoms. The van der Waals surface area contributed by atoms with Crippen molar-refractivity contribution >= 4 is 11.7 Å². The van der Waals surface area contributed by atoms with Gasteiger partial charge in [-0.3, -0.25) is 9.69 Å². The summed E-state index contributed by atoms with van der Waals surface area (Å²) in [4.78, 5) is 21.7. The van der Waals surface area contributed by atoms with Crippen LogP contribution >= 0.6 is 0 Å². The highest BCUT2D eigenvalue weighted by Gasteiger charge is 2.52. The van der Waals surface area contributed by atoms with Crippen LogP contribution in [0, 0.1) is 46.6 Å². The third-order valence-electron chi connectivity index (χ3n) is 11.9. The van der Waals surface area contributed by atoms with Crippen molar-refractivity contribution in [2.24, 2.45) is 23.7 Å². The first-order valence-corrected chi connectivity index (χ1v) is 18.2. The van der Waals surface area contributed by atoms with Gasteiger partial charge in [0.05, 0.1) is 37.6 Å². The Hall–Kier alpha value is -3.10. The van der Waals surface area contributed by atoms with Crippen LogP contribution in [0.4, 0.5) is 14.5 Å². The highest BCUT2D eigenvalue weighted by molar-refractivity contribution is 5.69. The van der Waals surface area contributed by atoms with Crippen molar-refractivity contribution < 1.29 is 23.0 Å². The van der Waals surface area contributed by atoms with E-state index < -0.39 is 0 Å². The van der Waals surface area contributed by atoms with E-state index >= 15 is 8.78 Å². The Kier molecular flexibility index (Phi) is 11.5. The molecule has 8 nitrogen and oxygen atoms in total. The van der Waals surface area contributed by atoms with Crippen molar-refractivity contribution in [2.75, 3.05) is 91.7 Å². The second-order valence-corrected chi connectivity index (χ2v) is 15.1. The van der Waals surface area contributed by atoms with Gasteiger partial charge in [-0.25, -0.2) is 8.78 Å². The van der Waals surface area contributed by atoms with E-state index in [2.05, 4.69) is 26.8 Å². The lowest BCUT2D eigenvalue weighted by atomic mass is 9.56. The van der Waals surface area contributed by atoms with Crippen LogP contribution in [-0.4, -0.2) is 107 Å². The van der Waals surface area contributed by atoms with Gasteiger partial charge < -0.3 is 24.2 Å². The molecule has 266 valence electrons. The van der Waals surface area contributed by atoms with Crippen LogP contribution in [0.2, 0.25) is 0 Å². The van der Waals surface area contributed by atoms with Gasteiger partial charge in [-0.1, -0.05) is 18.6 Å². The summed E-state index contributed by atoms with van der Waals surface area (Å²) < 4.78 is 41.6. The van der Waals surface area contributed by atoms with Crippen molar-refractivity contribution in [3.05, 3.63) is 64.7 Å². The van der Waals surface area contributed by atoms with Crippen LogP contribution in [0.25, 0.3) is 0 Å². The zero-order valence-corrected chi connectivity index (χ0v) is 29.5. The van der Waals surface area contributed by atoms with Gasteiger partial charge in [0.25, 0.3) is 0 Å². The number of methoxy groups -OCH3 is 1. The maximum Gasteiger partial charge on any atom is 0.305 e.